The third-order valence-electron chi connectivity index (χ3n) is 5.24. The number of nitrogens with zero attached hydrogens (tertiary/aromatic N) is 1. The SMILES string of the molecule is O=S1(=O)C[C@H](O)[C@H](NCCC2CCN(Cc3ccccc3)CC2)C1. The van der Waals surface area contributed by atoms with Gasteiger partial charge < -0.3 is 10.4 Å². The first-order chi connectivity index (χ1) is 11.5. The van der Waals surface area contributed by atoms with E-state index in [-0.39, 0.29) is 17.5 Å². The highest BCUT2D eigenvalue weighted by Crippen LogP contribution is 2.22. The number of hydrogen-bond acceptors (Lipinski definition) is 5. The van der Waals surface area contributed by atoms with Gasteiger partial charge in [0.25, 0.3) is 0 Å². The van der Waals surface area contributed by atoms with Crippen LogP contribution in [0.25, 0.3) is 0 Å². The average Bonchev–Trinajstić information content (AvgIpc) is 2.82. The lowest BCUT2D eigenvalue weighted by molar-refractivity contribution is 0.155. The van der Waals surface area contributed by atoms with Crippen molar-refractivity contribution in [2.75, 3.05) is 31.1 Å². The number of hydrogen-bond donors (Lipinski definition) is 2. The Morgan fingerprint density at radius 3 is 2.46 bits per heavy atom. The number of sulfone groups is 1. The summed E-state index contributed by atoms with van der Waals surface area (Å²) in [4.78, 5) is 2.51. The lowest BCUT2D eigenvalue weighted by Crippen LogP contribution is -2.40. The molecule has 24 heavy (non-hydrogen) atoms. The highest BCUT2D eigenvalue weighted by Gasteiger charge is 2.35. The Balaban J connectivity index is 1.34. The van der Waals surface area contributed by atoms with E-state index < -0.39 is 15.9 Å². The van der Waals surface area contributed by atoms with Gasteiger partial charge in [-0.1, -0.05) is 30.3 Å². The molecule has 2 aliphatic rings. The lowest BCUT2D eigenvalue weighted by atomic mass is 9.93. The van der Waals surface area contributed by atoms with E-state index in [1.54, 1.807) is 0 Å². The normalized spacial score (nSPS) is 28.2. The molecule has 2 atom stereocenters. The molecule has 0 aromatic heterocycles. The molecule has 0 aliphatic carbocycles. The molecule has 5 nitrogen and oxygen atoms in total. The largest absolute Gasteiger partial charge is 0.390 e. The van der Waals surface area contributed by atoms with Gasteiger partial charge in [-0.05, 0) is 50.4 Å². The van der Waals surface area contributed by atoms with Crippen LogP contribution in [-0.2, 0) is 16.4 Å². The van der Waals surface area contributed by atoms with Gasteiger partial charge in [-0.25, -0.2) is 8.42 Å². The van der Waals surface area contributed by atoms with Gasteiger partial charge in [0.05, 0.1) is 17.6 Å². The molecular formula is C18H28N2O3S. The van der Waals surface area contributed by atoms with Gasteiger partial charge in [-0.15, -0.1) is 0 Å². The van der Waals surface area contributed by atoms with E-state index in [2.05, 4.69) is 40.5 Å². The summed E-state index contributed by atoms with van der Waals surface area (Å²) >= 11 is 0. The number of piperidine rings is 1. The van der Waals surface area contributed by atoms with Crippen LogP contribution in [0.15, 0.2) is 30.3 Å². The van der Waals surface area contributed by atoms with Gasteiger partial charge >= 0.3 is 0 Å². The van der Waals surface area contributed by atoms with Crippen LogP contribution in [0.2, 0.25) is 0 Å². The van der Waals surface area contributed by atoms with Gasteiger partial charge in [0.1, 0.15) is 0 Å². The number of aliphatic hydroxyl groups is 1. The third kappa shape index (κ3) is 5.02. The fraction of sp³-hybridized carbons (Fsp3) is 0.667. The molecule has 0 spiro atoms. The molecule has 6 heteroatoms. The standard InChI is InChI=1S/C18H28N2O3S/c21-18-14-24(22,23)13-17(18)19-9-6-15-7-10-20(11-8-15)12-16-4-2-1-3-5-16/h1-5,15,17-19,21H,6-14H2/t17-,18+/m1/s1. The smallest absolute Gasteiger partial charge is 0.154 e. The molecule has 0 unspecified atom stereocenters. The van der Waals surface area contributed by atoms with E-state index in [0.717, 1.165) is 32.6 Å². The van der Waals surface area contributed by atoms with E-state index in [1.165, 1.54) is 18.4 Å². The highest BCUT2D eigenvalue weighted by atomic mass is 32.2. The fourth-order valence-corrected chi connectivity index (χ4v) is 5.55. The Hall–Kier alpha value is -0.950. The van der Waals surface area contributed by atoms with Crippen molar-refractivity contribution in [1.29, 1.82) is 0 Å². The predicted octanol–water partition coefficient (Wildman–Crippen LogP) is 1.04. The quantitative estimate of drug-likeness (QED) is 0.800. The van der Waals surface area contributed by atoms with Crippen molar-refractivity contribution in [3.05, 3.63) is 35.9 Å². The topological polar surface area (TPSA) is 69.6 Å². The summed E-state index contributed by atoms with van der Waals surface area (Å²) in [6, 6.07) is 10.3. The molecule has 3 rings (SSSR count). The van der Waals surface area contributed by atoms with E-state index in [9.17, 15) is 13.5 Å². The molecule has 0 saturated carbocycles. The summed E-state index contributed by atoms with van der Waals surface area (Å²) in [5, 5.41) is 13.0. The summed E-state index contributed by atoms with van der Waals surface area (Å²) in [6.45, 7) is 4.07. The van der Waals surface area contributed by atoms with Crippen LogP contribution in [0.4, 0.5) is 0 Å². The van der Waals surface area contributed by atoms with Crippen LogP contribution in [-0.4, -0.2) is 61.7 Å². The zero-order valence-electron chi connectivity index (χ0n) is 14.1. The van der Waals surface area contributed by atoms with E-state index >= 15 is 0 Å². The van der Waals surface area contributed by atoms with Crippen molar-refractivity contribution in [2.45, 2.75) is 38.0 Å². The van der Waals surface area contributed by atoms with Crippen LogP contribution < -0.4 is 5.32 Å². The zero-order chi connectivity index (χ0) is 17.0. The molecule has 2 saturated heterocycles. The van der Waals surface area contributed by atoms with Crippen LogP contribution in [0, 0.1) is 5.92 Å². The van der Waals surface area contributed by atoms with Gasteiger partial charge in [-0.3, -0.25) is 4.90 Å². The molecule has 0 bridgehead atoms. The van der Waals surface area contributed by atoms with Gasteiger partial charge in [-0.2, -0.15) is 0 Å². The maximum Gasteiger partial charge on any atom is 0.154 e. The second kappa shape index (κ2) is 7.95. The Bertz CT molecular complexity index is 612. The zero-order valence-corrected chi connectivity index (χ0v) is 14.9. The van der Waals surface area contributed by atoms with Crippen molar-refractivity contribution in [2.24, 2.45) is 5.92 Å². The average molecular weight is 353 g/mol. The molecule has 2 aliphatic heterocycles. The predicted molar refractivity (Wildman–Crippen MR) is 95.5 cm³/mol. The first-order valence-electron chi connectivity index (χ1n) is 8.90. The van der Waals surface area contributed by atoms with E-state index in [4.69, 9.17) is 0 Å². The first-order valence-corrected chi connectivity index (χ1v) is 10.7. The minimum atomic E-state index is -3.06. The fourth-order valence-electron chi connectivity index (χ4n) is 3.77. The summed E-state index contributed by atoms with van der Waals surface area (Å²) in [5.74, 6) is 0.673. The Labute approximate surface area is 145 Å². The summed E-state index contributed by atoms with van der Waals surface area (Å²) in [6.07, 6.45) is 2.70. The number of rotatable bonds is 6. The van der Waals surface area contributed by atoms with Gasteiger partial charge in [0.15, 0.2) is 9.84 Å². The number of likely N-dealkylation sites (tertiary alicyclic amines) is 1. The highest BCUT2D eigenvalue weighted by molar-refractivity contribution is 7.91. The molecule has 1 aromatic rings. The summed E-state index contributed by atoms with van der Waals surface area (Å²) < 4.78 is 23.0. The lowest BCUT2D eigenvalue weighted by Gasteiger charge is -2.32. The van der Waals surface area contributed by atoms with E-state index in [1.807, 2.05) is 0 Å². The molecule has 2 fully saturated rings. The molecule has 0 radical (unpaired) electrons. The first kappa shape index (κ1) is 17.9. The van der Waals surface area contributed by atoms with Crippen LogP contribution in [0.3, 0.4) is 0 Å². The number of benzene rings is 1. The molecule has 2 N–H and O–H groups in total. The molecule has 1 aromatic carbocycles. The van der Waals surface area contributed by atoms with Crippen LogP contribution >= 0.6 is 0 Å². The van der Waals surface area contributed by atoms with Crippen molar-refractivity contribution in [3.8, 4) is 0 Å². The van der Waals surface area contributed by atoms with E-state index in [0.29, 0.717) is 5.92 Å². The van der Waals surface area contributed by atoms with Crippen molar-refractivity contribution >= 4 is 9.84 Å². The second-order valence-corrected chi connectivity index (χ2v) is 9.35. The Morgan fingerprint density at radius 2 is 1.83 bits per heavy atom. The Kier molecular flexibility index (Phi) is 5.92. The molecule has 2 heterocycles. The van der Waals surface area contributed by atoms with Gasteiger partial charge in [0, 0.05) is 12.6 Å². The minimum absolute atomic E-state index is 0.0731. The Morgan fingerprint density at radius 1 is 1.12 bits per heavy atom. The second-order valence-electron chi connectivity index (χ2n) is 7.20. The number of aliphatic hydroxyl groups excluding tert-OH is 1. The van der Waals surface area contributed by atoms with Gasteiger partial charge in [0.2, 0.25) is 0 Å². The molecule has 0 amide bonds. The molecule has 134 valence electrons. The van der Waals surface area contributed by atoms with Crippen LogP contribution in [0.5, 0.6) is 0 Å². The van der Waals surface area contributed by atoms with Crippen molar-refractivity contribution < 1.29 is 13.5 Å². The number of nitrogens with one attached hydrogen (secondary N) is 1. The summed E-state index contributed by atoms with van der Waals surface area (Å²) in [7, 11) is -3.06. The minimum Gasteiger partial charge on any atom is -0.390 e. The summed E-state index contributed by atoms with van der Waals surface area (Å²) in [5.41, 5.74) is 1.37. The maximum absolute atomic E-state index is 11.5. The monoisotopic (exact) mass is 352 g/mol. The van der Waals surface area contributed by atoms with Crippen LogP contribution in [0.1, 0.15) is 24.8 Å². The van der Waals surface area contributed by atoms with Crippen molar-refractivity contribution in [1.82, 2.24) is 10.2 Å². The maximum atomic E-state index is 11.5. The third-order valence-corrected chi connectivity index (χ3v) is 6.95. The molecular weight excluding hydrogens is 324 g/mol. The van der Waals surface area contributed by atoms with Crippen molar-refractivity contribution in [3.63, 3.8) is 0 Å².